The van der Waals surface area contributed by atoms with Crippen LogP contribution in [-0.2, 0) is 6.54 Å². The van der Waals surface area contributed by atoms with Crippen LogP contribution < -0.4 is 10.1 Å². The molecule has 1 aromatic heterocycles. The Morgan fingerprint density at radius 1 is 1.43 bits per heavy atom. The Labute approximate surface area is 123 Å². The largest absolute Gasteiger partial charge is 0.492 e. The molecule has 0 fully saturated rings. The summed E-state index contributed by atoms with van der Waals surface area (Å²) < 4.78 is 7.39. The average molecular weight is 289 g/mol. The summed E-state index contributed by atoms with van der Waals surface area (Å²) in [4.78, 5) is 10.8. The van der Waals surface area contributed by atoms with Gasteiger partial charge in [0, 0.05) is 19.3 Å². The number of nitrogens with zero attached hydrogens (tertiary/aromatic N) is 2. The molecule has 0 bridgehead atoms. The summed E-state index contributed by atoms with van der Waals surface area (Å²) >= 11 is 0. The fourth-order valence-corrected chi connectivity index (χ4v) is 1.87. The van der Waals surface area contributed by atoms with Crippen molar-refractivity contribution in [2.24, 2.45) is 0 Å². The molecule has 0 atom stereocenters. The summed E-state index contributed by atoms with van der Waals surface area (Å²) in [7, 11) is 0. The Hall–Kier alpha value is -2.34. The summed E-state index contributed by atoms with van der Waals surface area (Å²) in [5.74, 6) is -0.382. The number of ether oxygens (including phenoxy) is 1. The van der Waals surface area contributed by atoms with Crippen molar-refractivity contribution in [1.82, 2.24) is 15.1 Å². The molecule has 0 amide bonds. The molecule has 2 rings (SSSR count). The van der Waals surface area contributed by atoms with Crippen LogP contribution in [0.2, 0.25) is 0 Å². The standard InChI is InChI=1S/C15H19N3O3/c1-12-10-17-18(11-12)7-5-16-6-8-21-14-4-2-3-13(9-14)15(19)20/h2-4,9-11,16H,5-8H2,1H3,(H,19,20). The highest BCUT2D eigenvalue weighted by Crippen LogP contribution is 2.12. The molecule has 1 aromatic carbocycles. The van der Waals surface area contributed by atoms with E-state index < -0.39 is 5.97 Å². The molecule has 0 saturated heterocycles. The van der Waals surface area contributed by atoms with E-state index in [0.717, 1.165) is 18.7 Å². The lowest BCUT2D eigenvalue weighted by Gasteiger charge is -2.08. The van der Waals surface area contributed by atoms with Crippen LogP contribution in [0.3, 0.4) is 0 Å². The van der Waals surface area contributed by atoms with Crippen LogP contribution >= 0.6 is 0 Å². The molecule has 112 valence electrons. The average Bonchev–Trinajstić information content (AvgIpc) is 2.88. The second-order valence-corrected chi connectivity index (χ2v) is 4.71. The van der Waals surface area contributed by atoms with E-state index in [1.54, 1.807) is 18.2 Å². The normalized spacial score (nSPS) is 10.5. The highest BCUT2D eigenvalue weighted by atomic mass is 16.5. The van der Waals surface area contributed by atoms with Crippen molar-refractivity contribution in [2.45, 2.75) is 13.5 Å². The quantitative estimate of drug-likeness (QED) is 0.721. The number of rotatable bonds is 8. The van der Waals surface area contributed by atoms with Gasteiger partial charge in [0.25, 0.3) is 0 Å². The smallest absolute Gasteiger partial charge is 0.335 e. The van der Waals surface area contributed by atoms with Crippen LogP contribution in [0.1, 0.15) is 15.9 Å². The first-order valence-corrected chi connectivity index (χ1v) is 6.81. The topological polar surface area (TPSA) is 76.4 Å². The number of nitrogens with one attached hydrogen (secondary N) is 1. The molecule has 0 aliphatic rings. The Morgan fingerprint density at radius 2 is 2.29 bits per heavy atom. The zero-order valence-corrected chi connectivity index (χ0v) is 12.0. The van der Waals surface area contributed by atoms with Crippen molar-refractivity contribution in [3.63, 3.8) is 0 Å². The number of hydrogen-bond donors (Lipinski definition) is 2. The third-order valence-electron chi connectivity index (χ3n) is 2.91. The minimum atomic E-state index is -0.951. The first-order valence-electron chi connectivity index (χ1n) is 6.81. The van der Waals surface area contributed by atoms with Gasteiger partial charge in [-0.05, 0) is 30.7 Å². The monoisotopic (exact) mass is 289 g/mol. The van der Waals surface area contributed by atoms with Crippen LogP contribution in [0, 0.1) is 6.92 Å². The van der Waals surface area contributed by atoms with E-state index in [0.29, 0.717) is 18.9 Å². The van der Waals surface area contributed by atoms with E-state index in [1.807, 2.05) is 24.0 Å². The molecule has 6 heteroatoms. The maximum Gasteiger partial charge on any atom is 0.335 e. The van der Waals surface area contributed by atoms with Gasteiger partial charge in [-0.2, -0.15) is 5.10 Å². The number of hydrogen-bond acceptors (Lipinski definition) is 4. The van der Waals surface area contributed by atoms with Gasteiger partial charge >= 0.3 is 5.97 Å². The van der Waals surface area contributed by atoms with Gasteiger partial charge in [-0.1, -0.05) is 6.07 Å². The minimum Gasteiger partial charge on any atom is -0.492 e. The van der Waals surface area contributed by atoms with Gasteiger partial charge in [-0.15, -0.1) is 0 Å². The summed E-state index contributed by atoms with van der Waals surface area (Å²) in [5, 5.41) is 16.3. The number of carboxylic acids is 1. The van der Waals surface area contributed by atoms with E-state index in [2.05, 4.69) is 10.4 Å². The summed E-state index contributed by atoms with van der Waals surface area (Å²) in [6, 6.07) is 6.49. The third kappa shape index (κ3) is 4.92. The molecule has 0 aliphatic carbocycles. The van der Waals surface area contributed by atoms with Crippen molar-refractivity contribution in [3.8, 4) is 5.75 Å². The molecule has 0 saturated carbocycles. The number of carboxylic acid groups (broad SMARTS) is 1. The zero-order valence-electron chi connectivity index (χ0n) is 12.0. The minimum absolute atomic E-state index is 0.231. The molecule has 2 aromatic rings. The summed E-state index contributed by atoms with van der Waals surface area (Å²) in [6.07, 6.45) is 3.83. The van der Waals surface area contributed by atoms with E-state index in [9.17, 15) is 4.79 Å². The molecule has 2 N–H and O–H groups in total. The number of benzene rings is 1. The van der Waals surface area contributed by atoms with Gasteiger partial charge < -0.3 is 15.2 Å². The Morgan fingerprint density at radius 3 is 3.00 bits per heavy atom. The van der Waals surface area contributed by atoms with Crippen molar-refractivity contribution in [2.75, 3.05) is 19.7 Å². The van der Waals surface area contributed by atoms with Gasteiger partial charge in [0.15, 0.2) is 0 Å². The molecule has 1 heterocycles. The summed E-state index contributed by atoms with van der Waals surface area (Å²) in [5.41, 5.74) is 1.38. The second-order valence-electron chi connectivity index (χ2n) is 4.71. The Bertz CT molecular complexity index is 595. The van der Waals surface area contributed by atoms with E-state index in [-0.39, 0.29) is 5.56 Å². The van der Waals surface area contributed by atoms with Gasteiger partial charge in [-0.25, -0.2) is 4.79 Å². The third-order valence-corrected chi connectivity index (χ3v) is 2.91. The molecular weight excluding hydrogens is 270 g/mol. The van der Waals surface area contributed by atoms with Crippen LogP contribution in [0.5, 0.6) is 5.75 Å². The SMILES string of the molecule is Cc1cnn(CCNCCOc2cccc(C(=O)O)c2)c1. The summed E-state index contributed by atoms with van der Waals surface area (Å²) in [6.45, 7) is 4.80. The van der Waals surface area contributed by atoms with Gasteiger partial charge in [0.2, 0.25) is 0 Å². The van der Waals surface area contributed by atoms with Gasteiger partial charge in [0.1, 0.15) is 12.4 Å². The van der Waals surface area contributed by atoms with Crippen LogP contribution in [0.4, 0.5) is 0 Å². The maximum atomic E-state index is 10.8. The Balaban J connectivity index is 1.63. The van der Waals surface area contributed by atoms with Crippen LogP contribution in [-0.4, -0.2) is 40.6 Å². The molecule has 0 aliphatic heterocycles. The number of aromatic nitrogens is 2. The fraction of sp³-hybridized carbons (Fsp3) is 0.333. The fourth-order valence-electron chi connectivity index (χ4n) is 1.87. The predicted molar refractivity (Wildman–Crippen MR) is 78.7 cm³/mol. The van der Waals surface area contributed by atoms with Crippen molar-refractivity contribution < 1.29 is 14.6 Å². The van der Waals surface area contributed by atoms with Gasteiger partial charge in [0.05, 0.1) is 18.3 Å². The molecule has 0 spiro atoms. The van der Waals surface area contributed by atoms with Crippen molar-refractivity contribution in [1.29, 1.82) is 0 Å². The molecule has 6 nitrogen and oxygen atoms in total. The van der Waals surface area contributed by atoms with Crippen molar-refractivity contribution >= 4 is 5.97 Å². The number of carbonyl (C=O) groups is 1. The lowest BCUT2D eigenvalue weighted by Crippen LogP contribution is -2.25. The van der Waals surface area contributed by atoms with E-state index in [1.165, 1.54) is 6.07 Å². The second kappa shape index (κ2) is 7.44. The first kappa shape index (κ1) is 15.1. The van der Waals surface area contributed by atoms with Crippen LogP contribution in [0.25, 0.3) is 0 Å². The highest BCUT2D eigenvalue weighted by molar-refractivity contribution is 5.87. The first-order chi connectivity index (χ1) is 10.1. The Kier molecular flexibility index (Phi) is 5.34. The lowest BCUT2D eigenvalue weighted by molar-refractivity contribution is 0.0696. The van der Waals surface area contributed by atoms with Gasteiger partial charge in [-0.3, -0.25) is 4.68 Å². The molecule has 0 radical (unpaired) electrons. The number of aromatic carboxylic acids is 1. The predicted octanol–water partition coefficient (Wildman–Crippen LogP) is 1.56. The van der Waals surface area contributed by atoms with Crippen molar-refractivity contribution in [3.05, 3.63) is 47.8 Å². The zero-order chi connectivity index (χ0) is 15.1. The van der Waals surface area contributed by atoms with Crippen LogP contribution in [0.15, 0.2) is 36.7 Å². The number of aryl methyl sites for hydroxylation is 1. The highest BCUT2D eigenvalue weighted by Gasteiger charge is 2.03. The molecular formula is C15H19N3O3. The lowest BCUT2D eigenvalue weighted by atomic mass is 10.2. The molecule has 0 unspecified atom stereocenters. The van der Waals surface area contributed by atoms with E-state index in [4.69, 9.17) is 9.84 Å². The van der Waals surface area contributed by atoms with E-state index >= 15 is 0 Å². The maximum absolute atomic E-state index is 10.8. The molecule has 21 heavy (non-hydrogen) atoms.